The van der Waals surface area contributed by atoms with Gasteiger partial charge in [-0.15, -0.1) is 0 Å². The molecule has 0 saturated heterocycles. The number of halogens is 3. The third-order valence-electron chi connectivity index (χ3n) is 2.26. The van der Waals surface area contributed by atoms with Crippen molar-refractivity contribution in [1.82, 2.24) is 0 Å². The fraction of sp³-hybridized carbons (Fsp3) is 0.500. The molecule has 1 aromatic carbocycles. The van der Waals surface area contributed by atoms with Crippen molar-refractivity contribution in [3.63, 3.8) is 0 Å². The zero-order valence-electron chi connectivity index (χ0n) is 9.68. The summed E-state index contributed by atoms with van der Waals surface area (Å²) in [5.74, 6) is 0.000717. The van der Waals surface area contributed by atoms with Crippen molar-refractivity contribution in [3.8, 4) is 5.75 Å². The molecular weight excluding hydrogens is 248 g/mol. The summed E-state index contributed by atoms with van der Waals surface area (Å²) in [4.78, 5) is 0. The van der Waals surface area contributed by atoms with E-state index in [0.717, 1.165) is 31.5 Å². The molecule has 0 bridgehead atoms. The molecule has 0 amide bonds. The van der Waals surface area contributed by atoms with Crippen LogP contribution in [0.2, 0.25) is 5.02 Å². The second-order valence-electron chi connectivity index (χ2n) is 3.66. The molecule has 0 aliphatic carbocycles. The summed E-state index contributed by atoms with van der Waals surface area (Å²) >= 11 is 5.82. The van der Waals surface area contributed by atoms with E-state index in [2.05, 4.69) is 17.0 Å². The smallest absolute Gasteiger partial charge is 0.387 e. The number of anilines is 1. The highest BCUT2D eigenvalue weighted by molar-refractivity contribution is 6.32. The Hall–Kier alpha value is -1.03. The topological polar surface area (TPSA) is 21.3 Å². The molecule has 0 fully saturated rings. The van der Waals surface area contributed by atoms with Gasteiger partial charge in [0.05, 0.1) is 5.02 Å². The van der Waals surface area contributed by atoms with Gasteiger partial charge in [0.15, 0.2) is 0 Å². The summed E-state index contributed by atoms with van der Waals surface area (Å²) in [6, 6.07) is 4.71. The van der Waals surface area contributed by atoms with Crippen molar-refractivity contribution in [1.29, 1.82) is 0 Å². The fourth-order valence-corrected chi connectivity index (χ4v) is 1.64. The van der Waals surface area contributed by atoms with Crippen LogP contribution in [0.15, 0.2) is 18.2 Å². The minimum Gasteiger partial charge on any atom is -0.433 e. The van der Waals surface area contributed by atoms with Gasteiger partial charge in [-0.2, -0.15) is 8.78 Å². The van der Waals surface area contributed by atoms with E-state index in [1.165, 1.54) is 6.07 Å². The average Bonchev–Trinajstić information content (AvgIpc) is 2.27. The molecule has 2 nitrogen and oxygen atoms in total. The summed E-state index contributed by atoms with van der Waals surface area (Å²) in [6.07, 6.45) is 3.39. The predicted octanol–water partition coefficient (Wildman–Crippen LogP) is 4.54. The van der Waals surface area contributed by atoms with Crippen LogP contribution < -0.4 is 10.1 Å². The molecule has 5 heteroatoms. The lowest BCUT2D eigenvalue weighted by molar-refractivity contribution is -0.0497. The fourth-order valence-electron chi connectivity index (χ4n) is 1.41. The number of ether oxygens (including phenoxy) is 1. The van der Waals surface area contributed by atoms with E-state index in [0.29, 0.717) is 0 Å². The van der Waals surface area contributed by atoms with E-state index >= 15 is 0 Å². The first-order chi connectivity index (χ1) is 8.13. The highest BCUT2D eigenvalue weighted by Gasteiger charge is 2.08. The van der Waals surface area contributed by atoms with E-state index < -0.39 is 6.61 Å². The molecule has 0 aliphatic rings. The molecule has 0 radical (unpaired) electrons. The summed E-state index contributed by atoms with van der Waals surface area (Å²) in [6.45, 7) is 0.128. The summed E-state index contributed by atoms with van der Waals surface area (Å²) < 4.78 is 28.2. The quantitative estimate of drug-likeness (QED) is 0.729. The minimum atomic E-state index is -2.85. The molecule has 0 unspecified atom stereocenters. The van der Waals surface area contributed by atoms with Crippen LogP contribution in [0, 0.1) is 0 Å². The van der Waals surface area contributed by atoms with E-state index in [1.54, 1.807) is 12.1 Å². The van der Waals surface area contributed by atoms with Gasteiger partial charge >= 0.3 is 6.61 Å². The highest BCUT2D eigenvalue weighted by atomic mass is 35.5. The van der Waals surface area contributed by atoms with Crippen LogP contribution in [0.4, 0.5) is 14.5 Å². The van der Waals surface area contributed by atoms with Crippen LogP contribution in [0.25, 0.3) is 0 Å². The van der Waals surface area contributed by atoms with Gasteiger partial charge in [-0.1, -0.05) is 31.4 Å². The van der Waals surface area contributed by atoms with Crippen LogP contribution in [0.3, 0.4) is 0 Å². The number of hydrogen-bond donors (Lipinski definition) is 1. The lowest BCUT2D eigenvalue weighted by Crippen LogP contribution is -2.04. The van der Waals surface area contributed by atoms with Gasteiger partial charge < -0.3 is 10.1 Å². The number of nitrogens with one attached hydrogen (secondary N) is 1. The summed E-state index contributed by atoms with van der Waals surface area (Å²) in [5.41, 5.74) is 0.813. The molecule has 0 atom stereocenters. The molecule has 1 aromatic rings. The lowest BCUT2D eigenvalue weighted by Gasteiger charge is -2.10. The Balaban J connectivity index is 2.50. The molecule has 1 rings (SSSR count). The van der Waals surface area contributed by atoms with Crippen molar-refractivity contribution in [2.24, 2.45) is 0 Å². The molecule has 0 heterocycles. The largest absolute Gasteiger partial charge is 0.433 e. The Morgan fingerprint density at radius 2 is 2.12 bits per heavy atom. The van der Waals surface area contributed by atoms with Gasteiger partial charge in [0.1, 0.15) is 5.75 Å². The first kappa shape index (κ1) is 14.0. The van der Waals surface area contributed by atoms with Gasteiger partial charge in [-0.25, -0.2) is 0 Å². The van der Waals surface area contributed by atoms with Crippen molar-refractivity contribution in [3.05, 3.63) is 23.2 Å². The molecule has 96 valence electrons. The standard InChI is InChI=1S/C12H16ClF2NO/c1-2-3-4-7-16-9-5-6-11(10(13)8-9)17-12(14)15/h5-6,8,12,16H,2-4,7H2,1H3. The van der Waals surface area contributed by atoms with E-state index in [4.69, 9.17) is 11.6 Å². The van der Waals surface area contributed by atoms with Gasteiger partial charge in [0.25, 0.3) is 0 Å². The predicted molar refractivity (Wildman–Crippen MR) is 66.1 cm³/mol. The second kappa shape index (κ2) is 7.33. The SMILES string of the molecule is CCCCCNc1ccc(OC(F)F)c(Cl)c1. The molecule has 0 aromatic heterocycles. The zero-order chi connectivity index (χ0) is 12.7. The monoisotopic (exact) mass is 263 g/mol. The van der Waals surface area contributed by atoms with E-state index in [9.17, 15) is 8.78 Å². The van der Waals surface area contributed by atoms with Crippen molar-refractivity contribution in [2.75, 3.05) is 11.9 Å². The van der Waals surface area contributed by atoms with Crippen LogP contribution in [0.5, 0.6) is 5.75 Å². The lowest BCUT2D eigenvalue weighted by atomic mass is 10.2. The Labute approximate surface area is 105 Å². The maximum Gasteiger partial charge on any atom is 0.387 e. The van der Waals surface area contributed by atoms with Gasteiger partial charge in [-0.05, 0) is 24.6 Å². The average molecular weight is 264 g/mol. The van der Waals surface area contributed by atoms with E-state index in [1.807, 2.05) is 0 Å². The Bertz CT molecular complexity index is 347. The molecule has 0 spiro atoms. The van der Waals surface area contributed by atoms with Gasteiger partial charge in [-0.3, -0.25) is 0 Å². The molecule has 0 aliphatic heterocycles. The number of hydrogen-bond acceptors (Lipinski definition) is 2. The van der Waals surface area contributed by atoms with Crippen LogP contribution in [0.1, 0.15) is 26.2 Å². The number of benzene rings is 1. The number of alkyl halides is 2. The first-order valence-electron chi connectivity index (χ1n) is 5.61. The third-order valence-corrected chi connectivity index (χ3v) is 2.55. The summed E-state index contributed by atoms with van der Waals surface area (Å²) in [5, 5.41) is 3.36. The van der Waals surface area contributed by atoms with Gasteiger partial charge in [0.2, 0.25) is 0 Å². The van der Waals surface area contributed by atoms with Crippen molar-refractivity contribution < 1.29 is 13.5 Å². The van der Waals surface area contributed by atoms with Gasteiger partial charge in [0, 0.05) is 12.2 Å². The third kappa shape index (κ3) is 5.22. The molecular formula is C12H16ClF2NO. The number of unbranched alkanes of at least 4 members (excludes halogenated alkanes) is 2. The van der Waals surface area contributed by atoms with Crippen LogP contribution in [-0.2, 0) is 0 Å². The second-order valence-corrected chi connectivity index (χ2v) is 4.06. The Morgan fingerprint density at radius 3 is 2.71 bits per heavy atom. The maximum absolute atomic E-state index is 12.0. The normalized spacial score (nSPS) is 10.6. The molecule has 0 saturated carbocycles. The van der Waals surface area contributed by atoms with Crippen LogP contribution >= 0.6 is 11.6 Å². The Kier molecular flexibility index (Phi) is 6.05. The number of rotatable bonds is 7. The van der Waals surface area contributed by atoms with Crippen molar-refractivity contribution >= 4 is 17.3 Å². The van der Waals surface area contributed by atoms with E-state index in [-0.39, 0.29) is 10.8 Å². The summed E-state index contributed by atoms with van der Waals surface area (Å²) in [7, 11) is 0. The first-order valence-corrected chi connectivity index (χ1v) is 5.99. The zero-order valence-corrected chi connectivity index (χ0v) is 10.4. The molecule has 1 N–H and O–H groups in total. The molecule has 17 heavy (non-hydrogen) atoms. The minimum absolute atomic E-state index is 0.000717. The highest BCUT2D eigenvalue weighted by Crippen LogP contribution is 2.28. The maximum atomic E-state index is 12.0. The Morgan fingerprint density at radius 1 is 1.35 bits per heavy atom. The van der Waals surface area contributed by atoms with Crippen LogP contribution in [-0.4, -0.2) is 13.2 Å². The van der Waals surface area contributed by atoms with Crippen molar-refractivity contribution in [2.45, 2.75) is 32.8 Å².